The highest BCUT2D eigenvalue weighted by molar-refractivity contribution is 5.50. The van der Waals surface area contributed by atoms with E-state index in [0.717, 1.165) is 35.1 Å². The fourth-order valence-electron chi connectivity index (χ4n) is 4.48. The summed E-state index contributed by atoms with van der Waals surface area (Å²) >= 11 is 0. The first kappa shape index (κ1) is 18.4. The molecule has 3 aromatic rings. The highest BCUT2D eigenvalue weighted by Gasteiger charge is 2.23. The number of hydrogen-bond donors (Lipinski definition) is 3. The molecular weight excluding hydrogens is 348 g/mol. The van der Waals surface area contributed by atoms with Crippen molar-refractivity contribution in [1.29, 1.82) is 0 Å². The summed E-state index contributed by atoms with van der Waals surface area (Å²) in [5, 5.41) is 30.6. The van der Waals surface area contributed by atoms with Crippen molar-refractivity contribution < 1.29 is 15.3 Å². The predicted octanol–water partition coefficient (Wildman–Crippen LogP) is 6.03. The van der Waals surface area contributed by atoms with Crippen LogP contribution in [0.25, 0.3) is 0 Å². The number of phenols is 3. The van der Waals surface area contributed by atoms with Crippen LogP contribution < -0.4 is 0 Å². The van der Waals surface area contributed by atoms with Gasteiger partial charge in [0, 0.05) is 5.92 Å². The van der Waals surface area contributed by atoms with Crippen molar-refractivity contribution in [2.45, 2.75) is 43.9 Å². The van der Waals surface area contributed by atoms with Crippen LogP contribution in [-0.4, -0.2) is 15.3 Å². The van der Waals surface area contributed by atoms with Crippen molar-refractivity contribution in [1.82, 2.24) is 0 Å². The van der Waals surface area contributed by atoms with Gasteiger partial charge in [0.15, 0.2) is 0 Å². The van der Waals surface area contributed by atoms with Crippen LogP contribution in [0.2, 0.25) is 0 Å². The third-order valence-electron chi connectivity index (χ3n) is 5.84. The van der Waals surface area contributed by atoms with Crippen molar-refractivity contribution in [3.05, 3.63) is 89.0 Å². The molecule has 0 atom stereocenters. The first-order valence-electron chi connectivity index (χ1n) is 10.0. The fourth-order valence-corrected chi connectivity index (χ4v) is 4.48. The van der Waals surface area contributed by atoms with Crippen molar-refractivity contribution in [3.63, 3.8) is 0 Å². The van der Waals surface area contributed by atoms with Crippen LogP contribution in [0.5, 0.6) is 17.2 Å². The molecule has 0 aliphatic heterocycles. The van der Waals surface area contributed by atoms with Gasteiger partial charge in [0.25, 0.3) is 0 Å². The number of rotatable bonds is 4. The predicted molar refractivity (Wildman–Crippen MR) is 111 cm³/mol. The van der Waals surface area contributed by atoms with Gasteiger partial charge < -0.3 is 15.3 Å². The molecule has 0 spiro atoms. The molecule has 3 N–H and O–H groups in total. The van der Waals surface area contributed by atoms with Gasteiger partial charge >= 0.3 is 0 Å². The van der Waals surface area contributed by atoms with Crippen LogP contribution in [0.15, 0.2) is 66.7 Å². The fraction of sp³-hybridized carbons (Fsp3) is 0.280. The van der Waals surface area contributed by atoms with Crippen molar-refractivity contribution in [2.24, 2.45) is 0 Å². The van der Waals surface area contributed by atoms with Crippen LogP contribution in [0, 0.1) is 0 Å². The van der Waals surface area contributed by atoms with Gasteiger partial charge in [-0.1, -0.05) is 55.7 Å². The second-order valence-corrected chi connectivity index (χ2v) is 7.78. The highest BCUT2D eigenvalue weighted by atomic mass is 16.3. The summed E-state index contributed by atoms with van der Waals surface area (Å²) in [6.45, 7) is 0. The Morgan fingerprint density at radius 1 is 0.643 bits per heavy atom. The van der Waals surface area contributed by atoms with E-state index >= 15 is 0 Å². The van der Waals surface area contributed by atoms with Gasteiger partial charge in [0.05, 0.1) is 0 Å². The van der Waals surface area contributed by atoms with Crippen molar-refractivity contribution in [2.75, 3.05) is 0 Å². The van der Waals surface area contributed by atoms with Crippen molar-refractivity contribution >= 4 is 0 Å². The van der Waals surface area contributed by atoms with E-state index in [1.54, 1.807) is 30.3 Å². The molecule has 1 saturated carbocycles. The number of benzene rings is 3. The minimum absolute atomic E-state index is 0.137. The summed E-state index contributed by atoms with van der Waals surface area (Å²) in [6.07, 6.45) is 5.90. The summed E-state index contributed by atoms with van der Waals surface area (Å²) in [5.74, 6) is 1.05. The molecule has 0 bridgehead atoms. The molecule has 3 aromatic carbocycles. The van der Waals surface area contributed by atoms with E-state index in [1.165, 1.54) is 19.3 Å². The van der Waals surface area contributed by atoms with E-state index in [9.17, 15) is 15.3 Å². The van der Waals surface area contributed by atoms with E-state index in [2.05, 4.69) is 6.07 Å². The largest absolute Gasteiger partial charge is 0.508 e. The Balaban J connectivity index is 1.82. The van der Waals surface area contributed by atoms with Gasteiger partial charge in [0.2, 0.25) is 0 Å². The summed E-state index contributed by atoms with van der Waals surface area (Å²) in [7, 11) is 0. The molecular formula is C25H26O3. The number of phenolic OH excluding ortho intramolecular Hbond substituents is 3. The van der Waals surface area contributed by atoms with Crippen LogP contribution in [0.1, 0.15) is 66.2 Å². The molecule has 0 saturated heterocycles. The minimum atomic E-state index is -0.137. The molecule has 3 nitrogen and oxygen atoms in total. The van der Waals surface area contributed by atoms with Gasteiger partial charge in [-0.15, -0.1) is 0 Å². The smallest absolute Gasteiger partial charge is 0.119 e. The van der Waals surface area contributed by atoms with E-state index < -0.39 is 0 Å². The molecule has 4 rings (SSSR count). The quantitative estimate of drug-likeness (QED) is 0.489. The monoisotopic (exact) mass is 374 g/mol. The second-order valence-electron chi connectivity index (χ2n) is 7.78. The molecule has 1 fully saturated rings. The Hall–Kier alpha value is -2.94. The lowest BCUT2D eigenvalue weighted by Crippen LogP contribution is -2.08. The van der Waals surface area contributed by atoms with Gasteiger partial charge in [-0.25, -0.2) is 0 Å². The van der Waals surface area contributed by atoms with E-state index in [4.69, 9.17) is 0 Å². The average Bonchev–Trinajstić information content (AvgIpc) is 2.70. The maximum atomic E-state index is 10.5. The standard InChI is InChI=1S/C25H26O3/c26-21-10-4-8-18(14-21)25(19-9-5-11-22(27)15-19)20-12-13-24(28)23(16-20)17-6-2-1-3-7-17/h4-5,8-17,25-28H,1-3,6-7H2. The molecule has 144 valence electrons. The van der Waals surface area contributed by atoms with E-state index in [-0.39, 0.29) is 17.4 Å². The first-order valence-corrected chi connectivity index (χ1v) is 10.0. The Labute approximate surface area is 165 Å². The van der Waals surface area contributed by atoms with Crippen LogP contribution in [0.4, 0.5) is 0 Å². The van der Waals surface area contributed by atoms with Crippen molar-refractivity contribution in [3.8, 4) is 17.2 Å². The third-order valence-corrected chi connectivity index (χ3v) is 5.84. The van der Waals surface area contributed by atoms with Gasteiger partial charge in [-0.3, -0.25) is 0 Å². The van der Waals surface area contributed by atoms with Crippen LogP contribution in [0.3, 0.4) is 0 Å². The Kier molecular flexibility index (Phi) is 5.25. The molecule has 3 heteroatoms. The zero-order valence-electron chi connectivity index (χ0n) is 15.9. The SMILES string of the molecule is Oc1cccc(C(c2cccc(O)c2)c2ccc(O)c(C3CCCCC3)c2)c1. The lowest BCUT2D eigenvalue weighted by Gasteiger charge is -2.25. The average molecular weight is 374 g/mol. The lowest BCUT2D eigenvalue weighted by molar-refractivity contribution is 0.414. The topological polar surface area (TPSA) is 60.7 Å². The summed E-state index contributed by atoms with van der Waals surface area (Å²) in [5.41, 5.74) is 3.97. The third kappa shape index (κ3) is 3.84. The minimum Gasteiger partial charge on any atom is -0.508 e. The number of hydrogen-bond acceptors (Lipinski definition) is 3. The summed E-state index contributed by atoms with van der Waals surface area (Å²) in [6, 6.07) is 20.3. The number of aromatic hydroxyl groups is 3. The molecule has 0 unspecified atom stereocenters. The molecule has 0 radical (unpaired) electrons. The zero-order valence-corrected chi connectivity index (χ0v) is 15.9. The van der Waals surface area contributed by atoms with Gasteiger partial charge in [-0.05, 0) is 71.3 Å². The second kappa shape index (κ2) is 7.97. The van der Waals surface area contributed by atoms with Crippen LogP contribution >= 0.6 is 0 Å². The molecule has 0 amide bonds. The summed E-state index contributed by atoms with van der Waals surface area (Å²) in [4.78, 5) is 0. The maximum Gasteiger partial charge on any atom is 0.119 e. The van der Waals surface area contributed by atoms with Gasteiger partial charge in [0.1, 0.15) is 17.2 Å². The van der Waals surface area contributed by atoms with Crippen LogP contribution in [-0.2, 0) is 0 Å². The first-order chi connectivity index (χ1) is 13.6. The Morgan fingerprint density at radius 2 is 1.21 bits per heavy atom. The molecule has 1 aliphatic carbocycles. The van der Waals surface area contributed by atoms with E-state index in [1.807, 2.05) is 30.3 Å². The maximum absolute atomic E-state index is 10.5. The molecule has 28 heavy (non-hydrogen) atoms. The van der Waals surface area contributed by atoms with Gasteiger partial charge in [-0.2, -0.15) is 0 Å². The molecule has 0 heterocycles. The Bertz CT molecular complexity index is 912. The summed E-state index contributed by atoms with van der Waals surface area (Å²) < 4.78 is 0. The van der Waals surface area contributed by atoms with E-state index in [0.29, 0.717) is 11.7 Å². The lowest BCUT2D eigenvalue weighted by atomic mass is 9.80. The zero-order chi connectivity index (χ0) is 19.5. The Morgan fingerprint density at radius 3 is 1.79 bits per heavy atom. The normalized spacial score (nSPS) is 15.0. The highest BCUT2D eigenvalue weighted by Crippen LogP contribution is 2.41. The molecule has 1 aliphatic rings. The molecule has 0 aromatic heterocycles.